The first-order valence-electron chi connectivity index (χ1n) is 1.98. The van der Waals surface area contributed by atoms with Gasteiger partial charge in [-0.05, 0) is 6.42 Å². The highest BCUT2D eigenvalue weighted by atomic mass is 35.5. The monoisotopic (exact) mass is 142 g/mol. The normalized spacial score (nSPS) is 12.4. The van der Waals surface area contributed by atoms with Crippen molar-refractivity contribution >= 4 is 21.5 Å². The molecule has 0 spiro atoms. The molecule has 7 heavy (non-hydrogen) atoms. The minimum Gasteiger partial charge on any atom is -0.366 e. The topological polar surface area (TPSA) is 9.23 Å². The summed E-state index contributed by atoms with van der Waals surface area (Å²) in [5, 5.41) is 0. The SMILES string of the molecule is CCC(Cl)OC.P. The van der Waals surface area contributed by atoms with Crippen LogP contribution in [0, 0.1) is 0 Å². The van der Waals surface area contributed by atoms with Gasteiger partial charge in [0, 0.05) is 7.11 Å². The van der Waals surface area contributed by atoms with Gasteiger partial charge in [-0.3, -0.25) is 0 Å². The molecule has 0 aromatic rings. The second-order valence-electron chi connectivity index (χ2n) is 1.05. The van der Waals surface area contributed by atoms with E-state index in [2.05, 4.69) is 4.74 Å². The predicted octanol–water partition coefficient (Wildman–Crippen LogP) is 1.67. The van der Waals surface area contributed by atoms with Gasteiger partial charge in [-0.2, -0.15) is 9.90 Å². The summed E-state index contributed by atoms with van der Waals surface area (Å²) in [4.78, 5) is 0. The summed E-state index contributed by atoms with van der Waals surface area (Å²) in [6.45, 7) is 1.97. The molecule has 1 nitrogen and oxygen atoms in total. The molecule has 0 N–H and O–H groups in total. The van der Waals surface area contributed by atoms with Crippen LogP contribution in [0.4, 0.5) is 0 Å². The quantitative estimate of drug-likeness (QED) is 0.421. The molecule has 0 saturated carbocycles. The minimum absolute atomic E-state index is 0. The van der Waals surface area contributed by atoms with Crippen LogP contribution >= 0.6 is 21.5 Å². The van der Waals surface area contributed by atoms with Crippen LogP contribution in [0.3, 0.4) is 0 Å². The van der Waals surface area contributed by atoms with Crippen molar-refractivity contribution in [3.8, 4) is 0 Å². The molecule has 0 saturated heterocycles. The summed E-state index contributed by atoms with van der Waals surface area (Å²) in [5.74, 6) is 0. The van der Waals surface area contributed by atoms with Crippen LogP contribution in [0.1, 0.15) is 13.3 Å². The number of halogens is 1. The van der Waals surface area contributed by atoms with Crippen LogP contribution in [0.5, 0.6) is 0 Å². The van der Waals surface area contributed by atoms with E-state index in [0.717, 1.165) is 6.42 Å². The Morgan fingerprint density at radius 1 is 1.71 bits per heavy atom. The molecule has 0 rings (SSSR count). The van der Waals surface area contributed by atoms with Crippen LogP contribution in [0.25, 0.3) is 0 Å². The van der Waals surface area contributed by atoms with E-state index >= 15 is 0 Å². The average Bonchev–Trinajstić information content (AvgIpc) is 1.65. The Balaban J connectivity index is 0. The van der Waals surface area contributed by atoms with Gasteiger partial charge in [0.25, 0.3) is 0 Å². The maximum Gasteiger partial charge on any atom is 0.130 e. The molecule has 2 unspecified atom stereocenters. The number of ether oxygens (including phenoxy) is 1. The van der Waals surface area contributed by atoms with Gasteiger partial charge in [-0.15, -0.1) is 0 Å². The van der Waals surface area contributed by atoms with E-state index in [-0.39, 0.29) is 15.5 Å². The Labute approximate surface area is 53.0 Å². The lowest BCUT2D eigenvalue weighted by molar-refractivity contribution is 0.164. The molecular weight excluding hydrogens is 130 g/mol. The van der Waals surface area contributed by atoms with Gasteiger partial charge < -0.3 is 4.74 Å². The summed E-state index contributed by atoms with van der Waals surface area (Å²) >= 11 is 5.43. The molecule has 0 amide bonds. The van der Waals surface area contributed by atoms with Gasteiger partial charge in [0.1, 0.15) is 5.56 Å². The average molecular weight is 143 g/mol. The molecule has 46 valence electrons. The maximum atomic E-state index is 5.43. The molecule has 0 aromatic carbocycles. The zero-order chi connectivity index (χ0) is 4.99. The second kappa shape index (κ2) is 6.68. The van der Waals surface area contributed by atoms with Crippen molar-refractivity contribution in [2.24, 2.45) is 0 Å². The largest absolute Gasteiger partial charge is 0.366 e. The molecule has 0 aromatic heterocycles. The van der Waals surface area contributed by atoms with Gasteiger partial charge in [-0.1, -0.05) is 18.5 Å². The lowest BCUT2D eigenvalue weighted by Crippen LogP contribution is -1.96. The highest BCUT2D eigenvalue weighted by Crippen LogP contribution is 1.98. The third kappa shape index (κ3) is 6.68. The maximum absolute atomic E-state index is 5.43. The summed E-state index contributed by atoms with van der Waals surface area (Å²) in [6.07, 6.45) is 0.873. The van der Waals surface area contributed by atoms with E-state index in [1.165, 1.54) is 0 Å². The third-order valence-electron chi connectivity index (χ3n) is 0.577. The Morgan fingerprint density at radius 3 is 2.14 bits per heavy atom. The van der Waals surface area contributed by atoms with E-state index in [0.29, 0.717) is 0 Å². The van der Waals surface area contributed by atoms with E-state index in [4.69, 9.17) is 11.6 Å². The fourth-order valence-electron chi connectivity index (χ4n) is 0.167. The van der Waals surface area contributed by atoms with Crippen LogP contribution in [-0.4, -0.2) is 12.7 Å². The van der Waals surface area contributed by atoms with Crippen molar-refractivity contribution in [3.05, 3.63) is 0 Å². The second-order valence-corrected chi connectivity index (χ2v) is 1.54. The van der Waals surface area contributed by atoms with Crippen LogP contribution in [0.2, 0.25) is 0 Å². The van der Waals surface area contributed by atoms with E-state index in [1.807, 2.05) is 6.92 Å². The molecule has 0 aliphatic rings. The number of alkyl halides is 1. The molecule has 0 bridgehead atoms. The Kier molecular flexibility index (Phi) is 10.1. The summed E-state index contributed by atoms with van der Waals surface area (Å²) in [7, 11) is 1.60. The smallest absolute Gasteiger partial charge is 0.130 e. The zero-order valence-electron chi connectivity index (χ0n) is 4.78. The van der Waals surface area contributed by atoms with Crippen LogP contribution in [0.15, 0.2) is 0 Å². The molecule has 0 fully saturated rings. The first kappa shape index (κ1) is 10.6. The van der Waals surface area contributed by atoms with Crippen molar-refractivity contribution in [2.75, 3.05) is 7.11 Å². The molecule has 0 aliphatic heterocycles. The summed E-state index contributed by atoms with van der Waals surface area (Å²) in [6, 6.07) is 0. The van der Waals surface area contributed by atoms with Crippen molar-refractivity contribution in [1.82, 2.24) is 0 Å². The van der Waals surface area contributed by atoms with Gasteiger partial charge in [0.05, 0.1) is 0 Å². The van der Waals surface area contributed by atoms with Gasteiger partial charge in [0.2, 0.25) is 0 Å². The van der Waals surface area contributed by atoms with E-state index < -0.39 is 0 Å². The summed E-state index contributed by atoms with van der Waals surface area (Å²) < 4.78 is 4.66. The Hall–Kier alpha value is 0.680. The highest BCUT2D eigenvalue weighted by Gasteiger charge is 1.91. The molecular formula is C4H12ClOP. The van der Waals surface area contributed by atoms with Crippen molar-refractivity contribution in [3.63, 3.8) is 0 Å². The van der Waals surface area contributed by atoms with Crippen molar-refractivity contribution in [2.45, 2.75) is 18.9 Å². The van der Waals surface area contributed by atoms with Crippen LogP contribution in [-0.2, 0) is 4.74 Å². The van der Waals surface area contributed by atoms with Crippen LogP contribution < -0.4 is 0 Å². The molecule has 2 atom stereocenters. The lowest BCUT2D eigenvalue weighted by atomic mass is 10.5. The fourth-order valence-corrected chi connectivity index (χ4v) is 0.167. The first-order valence-corrected chi connectivity index (χ1v) is 2.41. The third-order valence-corrected chi connectivity index (χ3v) is 1.06. The van der Waals surface area contributed by atoms with Gasteiger partial charge >= 0.3 is 0 Å². The van der Waals surface area contributed by atoms with Gasteiger partial charge in [0.15, 0.2) is 0 Å². The van der Waals surface area contributed by atoms with E-state index in [1.54, 1.807) is 7.11 Å². The fraction of sp³-hybridized carbons (Fsp3) is 1.00. The highest BCUT2D eigenvalue weighted by molar-refractivity contribution is 6.92. The van der Waals surface area contributed by atoms with Crippen molar-refractivity contribution < 1.29 is 4.74 Å². The molecule has 0 radical (unpaired) electrons. The lowest BCUT2D eigenvalue weighted by Gasteiger charge is -1.98. The predicted molar refractivity (Wildman–Crippen MR) is 38.0 cm³/mol. The summed E-state index contributed by atoms with van der Waals surface area (Å²) in [5.41, 5.74) is -0.0926. The standard InChI is InChI=1S/C4H9ClO.H3P/c1-3-4(5)6-2;/h4H,3H2,1-2H3;1H3. The van der Waals surface area contributed by atoms with E-state index in [9.17, 15) is 0 Å². The zero-order valence-corrected chi connectivity index (χ0v) is 6.95. The first-order chi connectivity index (χ1) is 2.81. The van der Waals surface area contributed by atoms with Gasteiger partial charge in [-0.25, -0.2) is 0 Å². The number of hydrogen-bond donors (Lipinski definition) is 0. The Bertz CT molecular complexity index is 30.9. The number of hydrogen-bond acceptors (Lipinski definition) is 1. The molecule has 3 heteroatoms. The van der Waals surface area contributed by atoms with Crippen molar-refractivity contribution in [1.29, 1.82) is 0 Å². The number of rotatable bonds is 2. The molecule has 0 heterocycles. The molecule has 0 aliphatic carbocycles. The minimum atomic E-state index is -0.0926. The number of methoxy groups -OCH3 is 1. The Morgan fingerprint density at radius 2 is 2.14 bits per heavy atom.